The van der Waals surface area contributed by atoms with E-state index in [1.165, 1.54) is 7.11 Å². The van der Waals surface area contributed by atoms with Crippen LogP contribution in [-0.2, 0) is 9.53 Å². The Morgan fingerprint density at radius 2 is 1.73 bits per heavy atom. The number of ether oxygens (including phenoxy) is 1. The van der Waals surface area contributed by atoms with Crippen molar-refractivity contribution >= 4 is 34.9 Å². The van der Waals surface area contributed by atoms with Crippen molar-refractivity contribution in [2.24, 2.45) is 0 Å². The number of carbonyl (C=O) groups is 2. The van der Waals surface area contributed by atoms with E-state index in [9.17, 15) is 9.59 Å². The monoisotopic (exact) mass is 375 g/mol. The Kier molecular flexibility index (Phi) is 7.00. The number of hydrogen-bond donors (Lipinski definition) is 2. The first-order valence-electron chi connectivity index (χ1n) is 8.09. The van der Waals surface area contributed by atoms with Crippen molar-refractivity contribution in [2.45, 2.75) is 13.0 Å². The lowest BCUT2D eigenvalue weighted by molar-refractivity contribution is -0.119. The summed E-state index contributed by atoms with van der Waals surface area (Å²) in [4.78, 5) is 25.5. The summed E-state index contributed by atoms with van der Waals surface area (Å²) >= 11 is 6.02. The van der Waals surface area contributed by atoms with E-state index in [2.05, 4.69) is 10.6 Å². The largest absolute Gasteiger partial charge is 0.375 e. The summed E-state index contributed by atoms with van der Waals surface area (Å²) in [5.74, 6) is -0.237. The molecule has 0 unspecified atom stereocenters. The second kappa shape index (κ2) is 9.22. The van der Waals surface area contributed by atoms with Crippen LogP contribution < -0.4 is 10.6 Å². The highest BCUT2D eigenvalue weighted by atomic mass is 35.5. The van der Waals surface area contributed by atoms with Gasteiger partial charge in [-0.1, -0.05) is 23.7 Å². The number of methoxy groups -OCH3 is 1. The Labute approximate surface area is 158 Å². The zero-order valence-electron chi connectivity index (χ0n) is 15.0. The van der Waals surface area contributed by atoms with Crippen LogP contribution in [0.4, 0.5) is 16.2 Å². The zero-order chi connectivity index (χ0) is 19.1. The van der Waals surface area contributed by atoms with Crippen LogP contribution in [0.5, 0.6) is 0 Å². The molecule has 2 N–H and O–H groups in total. The SMILES string of the molecule is COCC(=O)Nc1ccc(NC(=O)N(C)[C@@H](C)c2cccc(Cl)c2)cc1. The quantitative estimate of drug-likeness (QED) is 0.796. The van der Waals surface area contributed by atoms with E-state index in [1.54, 1.807) is 42.3 Å². The van der Waals surface area contributed by atoms with E-state index in [4.69, 9.17) is 16.3 Å². The third-order valence-corrected chi connectivity index (χ3v) is 4.16. The molecule has 0 aliphatic carbocycles. The molecule has 0 radical (unpaired) electrons. The van der Waals surface area contributed by atoms with Gasteiger partial charge >= 0.3 is 6.03 Å². The number of halogens is 1. The molecule has 6 nitrogen and oxygen atoms in total. The number of nitrogens with one attached hydrogen (secondary N) is 2. The molecule has 26 heavy (non-hydrogen) atoms. The van der Waals surface area contributed by atoms with E-state index in [1.807, 2.05) is 25.1 Å². The van der Waals surface area contributed by atoms with Gasteiger partial charge in [-0.05, 0) is 48.9 Å². The standard InChI is InChI=1S/C19H22ClN3O3/c1-13(14-5-4-6-15(20)11-14)23(2)19(25)22-17-9-7-16(8-10-17)21-18(24)12-26-3/h4-11,13H,12H2,1-3H3,(H,21,24)(H,22,25)/t13-/m0/s1. The van der Waals surface area contributed by atoms with Crippen LogP contribution in [0.3, 0.4) is 0 Å². The summed E-state index contributed by atoms with van der Waals surface area (Å²) in [6, 6.07) is 13.9. The van der Waals surface area contributed by atoms with Crippen molar-refractivity contribution in [1.29, 1.82) is 0 Å². The van der Waals surface area contributed by atoms with Gasteiger partial charge in [-0.15, -0.1) is 0 Å². The van der Waals surface area contributed by atoms with Crippen molar-refractivity contribution in [1.82, 2.24) is 4.90 Å². The van der Waals surface area contributed by atoms with Gasteiger partial charge in [-0.25, -0.2) is 4.79 Å². The molecule has 0 aromatic heterocycles. The normalized spacial score (nSPS) is 11.5. The molecule has 3 amide bonds. The molecular weight excluding hydrogens is 354 g/mol. The highest BCUT2D eigenvalue weighted by Crippen LogP contribution is 2.23. The predicted molar refractivity (Wildman–Crippen MR) is 104 cm³/mol. The molecule has 0 saturated heterocycles. The fourth-order valence-electron chi connectivity index (χ4n) is 2.34. The van der Waals surface area contributed by atoms with Gasteiger partial charge in [0.15, 0.2) is 0 Å². The maximum atomic E-state index is 12.5. The van der Waals surface area contributed by atoms with Crippen LogP contribution >= 0.6 is 11.6 Å². The second-order valence-electron chi connectivity index (χ2n) is 5.83. The van der Waals surface area contributed by atoms with Gasteiger partial charge in [0.05, 0.1) is 6.04 Å². The van der Waals surface area contributed by atoms with Crippen LogP contribution in [0.15, 0.2) is 48.5 Å². The number of rotatable bonds is 6. The summed E-state index contributed by atoms with van der Waals surface area (Å²) < 4.78 is 4.76. The van der Waals surface area contributed by atoms with Crippen LogP contribution in [-0.4, -0.2) is 37.6 Å². The predicted octanol–water partition coefficient (Wildman–Crippen LogP) is 4.15. The van der Waals surface area contributed by atoms with Crippen molar-refractivity contribution in [3.8, 4) is 0 Å². The maximum Gasteiger partial charge on any atom is 0.322 e. The summed E-state index contributed by atoms with van der Waals surface area (Å²) in [6.07, 6.45) is 0. The molecule has 0 fully saturated rings. The molecule has 2 rings (SSSR count). The molecule has 1 atom stereocenters. The van der Waals surface area contributed by atoms with Gasteiger partial charge in [0.2, 0.25) is 5.91 Å². The molecule has 0 spiro atoms. The van der Waals surface area contributed by atoms with Crippen LogP contribution in [0, 0.1) is 0 Å². The first-order valence-corrected chi connectivity index (χ1v) is 8.46. The number of amides is 3. The Hall–Kier alpha value is -2.57. The Morgan fingerprint density at radius 1 is 1.12 bits per heavy atom. The van der Waals surface area contributed by atoms with E-state index in [0.717, 1.165) is 5.56 Å². The number of benzene rings is 2. The lowest BCUT2D eigenvalue weighted by Crippen LogP contribution is -2.33. The van der Waals surface area contributed by atoms with Crippen molar-refractivity contribution in [3.63, 3.8) is 0 Å². The van der Waals surface area contributed by atoms with E-state index in [0.29, 0.717) is 16.4 Å². The van der Waals surface area contributed by atoms with Crippen molar-refractivity contribution < 1.29 is 14.3 Å². The minimum Gasteiger partial charge on any atom is -0.375 e. The molecular formula is C19H22ClN3O3. The number of anilines is 2. The number of nitrogens with zero attached hydrogens (tertiary/aromatic N) is 1. The summed E-state index contributed by atoms with van der Waals surface area (Å²) in [5, 5.41) is 6.15. The van der Waals surface area contributed by atoms with Gasteiger partial charge in [-0.3, -0.25) is 4.79 Å². The molecule has 0 saturated carbocycles. The molecule has 0 bridgehead atoms. The molecule has 0 aliphatic rings. The Balaban J connectivity index is 1.97. The zero-order valence-corrected chi connectivity index (χ0v) is 15.7. The number of urea groups is 1. The minimum atomic E-state index is -0.242. The minimum absolute atomic E-state index is 0.00925. The Morgan fingerprint density at radius 3 is 2.31 bits per heavy atom. The van der Waals surface area contributed by atoms with Crippen molar-refractivity contribution in [2.75, 3.05) is 31.4 Å². The molecule has 2 aromatic rings. The van der Waals surface area contributed by atoms with Crippen molar-refractivity contribution in [3.05, 3.63) is 59.1 Å². The average molecular weight is 376 g/mol. The topological polar surface area (TPSA) is 70.7 Å². The lowest BCUT2D eigenvalue weighted by Gasteiger charge is -2.25. The van der Waals surface area contributed by atoms with E-state index >= 15 is 0 Å². The molecule has 0 aliphatic heterocycles. The van der Waals surface area contributed by atoms with Gasteiger partial charge in [-0.2, -0.15) is 0 Å². The molecule has 0 heterocycles. The van der Waals surface area contributed by atoms with Gasteiger partial charge < -0.3 is 20.3 Å². The first kappa shape index (κ1) is 19.8. The average Bonchev–Trinajstić information content (AvgIpc) is 2.62. The van der Waals surface area contributed by atoms with Crippen LogP contribution in [0.2, 0.25) is 5.02 Å². The molecule has 2 aromatic carbocycles. The number of carbonyl (C=O) groups excluding carboxylic acids is 2. The lowest BCUT2D eigenvalue weighted by atomic mass is 10.1. The van der Waals surface area contributed by atoms with Gasteiger partial charge in [0.1, 0.15) is 6.61 Å². The maximum absolute atomic E-state index is 12.5. The summed E-state index contributed by atoms with van der Waals surface area (Å²) in [5.41, 5.74) is 2.21. The first-order chi connectivity index (χ1) is 12.4. The third kappa shape index (κ3) is 5.47. The molecule has 138 valence electrons. The second-order valence-corrected chi connectivity index (χ2v) is 6.27. The van der Waals surface area contributed by atoms with E-state index in [-0.39, 0.29) is 24.6 Å². The Bertz CT molecular complexity index is 765. The highest BCUT2D eigenvalue weighted by molar-refractivity contribution is 6.30. The van der Waals surface area contributed by atoms with Gasteiger partial charge in [0, 0.05) is 30.6 Å². The third-order valence-electron chi connectivity index (χ3n) is 3.93. The van der Waals surface area contributed by atoms with Crippen LogP contribution in [0.25, 0.3) is 0 Å². The fraction of sp³-hybridized carbons (Fsp3) is 0.263. The summed E-state index contributed by atoms with van der Waals surface area (Å²) in [6.45, 7) is 1.92. The van der Waals surface area contributed by atoms with Crippen LogP contribution in [0.1, 0.15) is 18.5 Å². The summed E-state index contributed by atoms with van der Waals surface area (Å²) in [7, 11) is 3.18. The van der Waals surface area contributed by atoms with Gasteiger partial charge in [0.25, 0.3) is 0 Å². The highest BCUT2D eigenvalue weighted by Gasteiger charge is 2.17. The molecule has 7 heteroatoms. The smallest absolute Gasteiger partial charge is 0.322 e. The van der Waals surface area contributed by atoms with E-state index < -0.39 is 0 Å². The fourth-order valence-corrected chi connectivity index (χ4v) is 2.54. The number of hydrogen-bond acceptors (Lipinski definition) is 3.